The smallest absolute Gasteiger partial charge is 0.416 e. The summed E-state index contributed by atoms with van der Waals surface area (Å²) >= 11 is 0. The Hall–Kier alpha value is -1.41. The van der Waals surface area contributed by atoms with E-state index in [1.807, 2.05) is 25.1 Å². The van der Waals surface area contributed by atoms with E-state index in [1.165, 1.54) is 50.5 Å². The summed E-state index contributed by atoms with van der Waals surface area (Å²) < 4.78 is 35.8. The van der Waals surface area contributed by atoms with Crippen molar-refractivity contribution in [1.82, 2.24) is 0 Å². The Morgan fingerprint density at radius 3 is 2.28 bits per heavy atom. The van der Waals surface area contributed by atoms with E-state index in [4.69, 9.17) is 4.74 Å². The highest BCUT2D eigenvalue weighted by atomic mass is 32.3. The van der Waals surface area contributed by atoms with Gasteiger partial charge in [-0.3, -0.25) is 0 Å². The van der Waals surface area contributed by atoms with Crippen LogP contribution >= 0.6 is 0 Å². The van der Waals surface area contributed by atoms with E-state index in [9.17, 15) is 8.42 Å². The van der Waals surface area contributed by atoms with Gasteiger partial charge in [0.2, 0.25) is 0 Å². The number of aryl methyl sites for hydroxylation is 1. The van der Waals surface area contributed by atoms with Crippen LogP contribution in [0.25, 0.3) is 6.08 Å². The first-order chi connectivity index (χ1) is 13.0. The van der Waals surface area contributed by atoms with Crippen LogP contribution in [0.1, 0.15) is 84.8 Å². The largest absolute Gasteiger partial charge is 0.491 e. The maximum absolute atomic E-state index is 11.0. The summed E-state index contributed by atoms with van der Waals surface area (Å²) in [6, 6.07) is 6.09. The maximum atomic E-state index is 11.0. The third-order valence-corrected chi connectivity index (χ3v) is 4.87. The van der Waals surface area contributed by atoms with Gasteiger partial charge in [0.15, 0.2) is 0 Å². The molecule has 0 aliphatic heterocycles. The summed E-state index contributed by atoms with van der Waals surface area (Å²) in [5.41, 5.74) is 2.25. The van der Waals surface area contributed by atoms with Crippen LogP contribution in [0.5, 0.6) is 5.75 Å². The fourth-order valence-corrected chi connectivity index (χ4v) is 3.12. The first kappa shape index (κ1) is 29.8. The lowest BCUT2D eigenvalue weighted by atomic mass is 10.0. The van der Waals surface area contributed by atoms with Gasteiger partial charge in [-0.2, -0.15) is 18.6 Å². The number of hydrogen-bond donors (Lipinski definition) is 1. The summed E-state index contributed by atoms with van der Waals surface area (Å²) in [5, 5.41) is 0. The second-order valence-corrected chi connectivity index (χ2v) is 7.66. The highest BCUT2D eigenvalue weighted by Crippen LogP contribution is 2.23. The SMILES string of the molecule is C.C.CC=Cc1cc(CCCCCCCCC)ccc1OCCOS(=O)(=O)ON. The van der Waals surface area contributed by atoms with Gasteiger partial charge in [0.25, 0.3) is 0 Å². The van der Waals surface area contributed by atoms with Gasteiger partial charge in [0, 0.05) is 5.56 Å². The molecule has 6 nitrogen and oxygen atoms in total. The maximum Gasteiger partial charge on any atom is 0.416 e. The molecule has 0 aliphatic rings. The summed E-state index contributed by atoms with van der Waals surface area (Å²) in [6.45, 7) is 4.08. The van der Waals surface area contributed by atoms with Gasteiger partial charge in [-0.05, 0) is 37.5 Å². The molecule has 0 atom stereocenters. The standard InChI is InChI=1S/C20H33NO5S.2CH4/c1-3-5-6-7-8-9-10-12-18-13-14-20(19(17-18)11-4-2)24-15-16-25-27(22,23)26-21;;/h4,11,13-14,17H,3,5-10,12,15-16,21H2,1-2H3;2*1H4. The molecule has 0 radical (unpaired) electrons. The predicted molar refractivity (Wildman–Crippen MR) is 122 cm³/mol. The summed E-state index contributed by atoms with van der Waals surface area (Å²) in [7, 11) is -4.14. The van der Waals surface area contributed by atoms with Gasteiger partial charge in [-0.25, -0.2) is 4.18 Å². The minimum absolute atomic E-state index is 0. The molecule has 1 aromatic rings. The quantitative estimate of drug-likeness (QED) is 0.278. The molecule has 0 spiro atoms. The van der Waals surface area contributed by atoms with E-state index in [1.54, 1.807) is 0 Å². The van der Waals surface area contributed by atoms with Crippen LogP contribution in [0.15, 0.2) is 24.3 Å². The van der Waals surface area contributed by atoms with Crippen LogP contribution in [-0.4, -0.2) is 21.6 Å². The van der Waals surface area contributed by atoms with Crippen LogP contribution in [-0.2, 0) is 25.3 Å². The second-order valence-electron chi connectivity index (χ2n) is 6.42. The average Bonchev–Trinajstić information content (AvgIpc) is 2.66. The number of allylic oxidation sites excluding steroid dienone is 1. The molecule has 1 aromatic carbocycles. The van der Waals surface area contributed by atoms with E-state index in [-0.39, 0.29) is 28.1 Å². The van der Waals surface area contributed by atoms with Gasteiger partial charge >= 0.3 is 10.4 Å². The van der Waals surface area contributed by atoms with E-state index in [2.05, 4.69) is 33.4 Å². The molecule has 0 saturated heterocycles. The lowest BCUT2D eigenvalue weighted by Crippen LogP contribution is -2.18. The van der Waals surface area contributed by atoms with Crippen molar-refractivity contribution in [3.05, 3.63) is 35.4 Å². The molecular weight excluding hydrogens is 390 g/mol. The first-order valence-corrected chi connectivity index (χ1v) is 11.0. The Bertz CT molecular complexity index is 659. The van der Waals surface area contributed by atoms with Crippen molar-refractivity contribution in [3.8, 4) is 5.75 Å². The van der Waals surface area contributed by atoms with Crippen LogP contribution in [0.3, 0.4) is 0 Å². The summed E-state index contributed by atoms with van der Waals surface area (Å²) in [5.74, 6) is 5.28. The second kappa shape index (κ2) is 17.4. The number of rotatable bonds is 15. The van der Waals surface area contributed by atoms with Crippen LogP contribution in [0.4, 0.5) is 0 Å². The number of unbranched alkanes of at least 4 members (excludes halogenated alkanes) is 6. The summed E-state index contributed by atoms with van der Waals surface area (Å²) in [6.07, 6.45) is 14.0. The molecule has 0 aromatic heterocycles. The van der Waals surface area contributed by atoms with Crippen molar-refractivity contribution in [2.45, 2.75) is 80.1 Å². The monoisotopic (exact) mass is 431 g/mol. The van der Waals surface area contributed by atoms with E-state index in [0.29, 0.717) is 5.75 Å². The zero-order valence-electron chi connectivity index (χ0n) is 16.5. The van der Waals surface area contributed by atoms with Gasteiger partial charge in [-0.15, -0.1) is 0 Å². The Labute approximate surface area is 178 Å². The highest BCUT2D eigenvalue weighted by molar-refractivity contribution is 7.81. The zero-order chi connectivity index (χ0) is 20.0. The molecule has 0 amide bonds. The molecule has 7 heteroatoms. The van der Waals surface area contributed by atoms with Crippen molar-refractivity contribution < 1.29 is 21.6 Å². The summed E-state index contributed by atoms with van der Waals surface area (Å²) in [4.78, 5) is 0. The molecule has 0 aliphatic carbocycles. The van der Waals surface area contributed by atoms with Crippen molar-refractivity contribution >= 4 is 16.5 Å². The van der Waals surface area contributed by atoms with Crippen molar-refractivity contribution in [2.75, 3.05) is 13.2 Å². The Morgan fingerprint density at radius 1 is 1.00 bits per heavy atom. The Kier molecular flexibility index (Phi) is 17.9. The van der Waals surface area contributed by atoms with Gasteiger partial charge in [0.05, 0.1) is 0 Å². The number of benzene rings is 1. The lowest BCUT2D eigenvalue weighted by Gasteiger charge is -2.11. The third kappa shape index (κ3) is 13.4. The molecule has 0 heterocycles. The molecule has 29 heavy (non-hydrogen) atoms. The van der Waals surface area contributed by atoms with Gasteiger partial charge in [-0.1, -0.05) is 78.5 Å². The number of nitrogens with two attached hydrogens (primary N) is 1. The average molecular weight is 432 g/mol. The third-order valence-electron chi connectivity index (χ3n) is 4.18. The Morgan fingerprint density at radius 2 is 1.66 bits per heavy atom. The van der Waals surface area contributed by atoms with Gasteiger partial charge < -0.3 is 4.74 Å². The fourth-order valence-electron chi connectivity index (χ4n) is 2.80. The first-order valence-electron chi connectivity index (χ1n) is 9.68. The Balaban J connectivity index is 0. The van der Waals surface area contributed by atoms with Crippen molar-refractivity contribution in [1.29, 1.82) is 0 Å². The predicted octanol–water partition coefficient (Wildman–Crippen LogP) is 5.82. The topological polar surface area (TPSA) is 87.8 Å². The van der Waals surface area contributed by atoms with Crippen LogP contribution in [0, 0.1) is 0 Å². The molecule has 170 valence electrons. The normalized spacial score (nSPS) is 11.1. The van der Waals surface area contributed by atoms with E-state index in [0.717, 1.165) is 12.0 Å². The van der Waals surface area contributed by atoms with Gasteiger partial charge in [0.1, 0.15) is 19.0 Å². The minimum Gasteiger partial charge on any atom is -0.491 e. The van der Waals surface area contributed by atoms with E-state index >= 15 is 0 Å². The van der Waals surface area contributed by atoms with Crippen molar-refractivity contribution in [3.63, 3.8) is 0 Å². The molecule has 0 saturated carbocycles. The molecular formula is C22H41NO5S. The molecule has 1 rings (SSSR count). The lowest BCUT2D eigenvalue weighted by molar-refractivity contribution is 0.179. The van der Waals surface area contributed by atoms with E-state index < -0.39 is 10.4 Å². The van der Waals surface area contributed by atoms with Crippen molar-refractivity contribution in [2.24, 2.45) is 5.90 Å². The fraction of sp³-hybridized carbons (Fsp3) is 0.636. The molecule has 0 fully saturated rings. The minimum atomic E-state index is -4.14. The zero-order valence-corrected chi connectivity index (χ0v) is 17.3. The molecule has 0 bridgehead atoms. The molecule has 2 N–H and O–H groups in total. The highest BCUT2D eigenvalue weighted by Gasteiger charge is 2.10. The molecule has 0 unspecified atom stereocenters. The van der Waals surface area contributed by atoms with Crippen LogP contribution < -0.4 is 10.6 Å². The number of hydrogen-bond acceptors (Lipinski definition) is 6. The van der Waals surface area contributed by atoms with Crippen LogP contribution in [0.2, 0.25) is 0 Å². The number of ether oxygens (including phenoxy) is 1.